The largest absolute Gasteiger partial charge is 0.334 e. The fourth-order valence-corrected chi connectivity index (χ4v) is 4.96. The molecule has 0 spiro atoms. The quantitative estimate of drug-likeness (QED) is 0.591. The van der Waals surface area contributed by atoms with Crippen LogP contribution >= 0.6 is 11.6 Å². The second kappa shape index (κ2) is 8.00. The normalized spacial score (nSPS) is 18.0. The molecule has 2 aromatic carbocycles. The van der Waals surface area contributed by atoms with Crippen molar-refractivity contribution < 1.29 is 22.1 Å². The molecule has 4 rings (SSSR count). The van der Waals surface area contributed by atoms with Crippen LogP contribution in [0.25, 0.3) is 11.5 Å². The van der Waals surface area contributed by atoms with E-state index in [1.165, 1.54) is 11.0 Å². The summed E-state index contributed by atoms with van der Waals surface area (Å²) >= 11 is 5.92. The lowest BCUT2D eigenvalue weighted by atomic mass is 10.1. The van der Waals surface area contributed by atoms with E-state index in [1.54, 1.807) is 24.3 Å². The van der Waals surface area contributed by atoms with Crippen molar-refractivity contribution in [3.63, 3.8) is 0 Å². The summed E-state index contributed by atoms with van der Waals surface area (Å²) in [6.07, 6.45) is 0. The van der Waals surface area contributed by atoms with Crippen LogP contribution in [0.4, 0.5) is 10.1 Å². The predicted octanol–water partition coefficient (Wildman–Crippen LogP) is 1.64. The molecule has 0 bridgehead atoms. The van der Waals surface area contributed by atoms with Crippen molar-refractivity contribution in [2.24, 2.45) is 11.5 Å². The fourth-order valence-electron chi connectivity index (χ4n) is 3.27. The number of hydrogen-bond donors (Lipinski definition) is 2. The van der Waals surface area contributed by atoms with Crippen molar-refractivity contribution in [1.29, 1.82) is 0 Å². The van der Waals surface area contributed by atoms with Crippen molar-refractivity contribution >= 4 is 33.0 Å². The molecule has 3 aromatic rings. The summed E-state index contributed by atoms with van der Waals surface area (Å²) < 4.78 is 45.6. The number of nitrogens with two attached hydrogens (primary N) is 2. The molecule has 1 aliphatic heterocycles. The fraction of sp³-hybridized carbons (Fsp3) is 0.211. The minimum absolute atomic E-state index is 0.00478. The van der Waals surface area contributed by atoms with E-state index >= 15 is 0 Å². The van der Waals surface area contributed by atoms with E-state index in [9.17, 15) is 17.6 Å². The second-order valence-corrected chi connectivity index (χ2v) is 9.40. The summed E-state index contributed by atoms with van der Waals surface area (Å²) in [6, 6.07) is 7.38. The van der Waals surface area contributed by atoms with Crippen LogP contribution in [0.15, 0.2) is 45.8 Å². The Kier molecular flexibility index (Phi) is 5.52. The van der Waals surface area contributed by atoms with E-state index in [4.69, 9.17) is 27.6 Å². The first-order valence-electron chi connectivity index (χ1n) is 9.10. The molecule has 0 fully saturated rings. The summed E-state index contributed by atoms with van der Waals surface area (Å²) in [5.74, 6) is -2.21. The van der Waals surface area contributed by atoms with Crippen LogP contribution in [-0.4, -0.2) is 36.3 Å². The summed E-state index contributed by atoms with van der Waals surface area (Å²) in [6.45, 7) is -0.0321. The van der Waals surface area contributed by atoms with Crippen LogP contribution in [0.5, 0.6) is 0 Å². The predicted molar refractivity (Wildman–Crippen MR) is 110 cm³/mol. The highest BCUT2D eigenvalue weighted by molar-refractivity contribution is 7.91. The average molecular weight is 466 g/mol. The van der Waals surface area contributed by atoms with E-state index in [0.717, 1.165) is 6.07 Å². The molecule has 0 radical (unpaired) electrons. The number of hydrogen-bond acceptors (Lipinski definition) is 8. The molecule has 0 saturated carbocycles. The molecule has 1 aliphatic rings. The summed E-state index contributed by atoms with van der Waals surface area (Å²) in [4.78, 5) is 17.8. The molecule has 0 aliphatic carbocycles. The van der Waals surface area contributed by atoms with Gasteiger partial charge in [0.15, 0.2) is 15.7 Å². The smallest absolute Gasteiger partial charge is 0.261 e. The third kappa shape index (κ3) is 4.04. The van der Waals surface area contributed by atoms with Gasteiger partial charge < -0.3 is 20.9 Å². The first kappa shape index (κ1) is 21.4. The number of carbonyl (C=O) groups excluding carboxylic acids is 1. The van der Waals surface area contributed by atoms with Gasteiger partial charge in [-0.3, -0.25) is 4.79 Å². The highest BCUT2D eigenvalue weighted by Gasteiger charge is 2.37. The lowest BCUT2D eigenvalue weighted by Crippen LogP contribution is -2.45. The number of anilines is 1. The van der Waals surface area contributed by atoms with Gasteiger partial charge in [0.25, 0.3) is 5.89 Å². The maximum Gasteiger partial charge on any atom is 0.261 e. The molecule has 12 heteroatoms. The van der Waals surface area contributed by atoms with Crippen molar-refractivity contribution in [2.45, 2.75) is 24.0 Å². The van der Waals surface area contributed by atoms with Gasteiger partial charge in [0.05, 0.1) is 41.0 Å². The Morgan fingerprint density at radius 1 is 1.26 bits per heavy atom. The van der Waals surface area contributed by atoms with Gasteiger partial charge in [-0.2, -0.15) is 4.98 Å². The van der Waals surface area contributed by atoms with E-state index in [1.807, 2.05) is 0 Å². The molecular formula is C19H17ClFN5O4S. The first-order valence-corrected chi connectivity index (χ1v) is 11.1. The zero-order valence-corrected chi connectivity index (χ0v) is 17.5. The first-order chi connectivity index (χ1) is 14.7. The Bertz CT molecular complexity index is 1260. The number of carbonyl (C=O) groups is 1. The molecule has 0 unspecified atom stereocenters. The van der Waals surface area contributed by atoms with Gasteiger partial charge >= 0.3 is 0 Å². The monoisotopic (exact) mass is 465 g/mol. The molecule has 0 saturated heterocycles. The van der Waals surface area contributed by atoms with Gasteiger partial charge in [0, 0.05) is 5.02 Å². The second-order valence-electron chi connectivity index (χ2n) is 6.96. The highest BCUT2D eigenvalue weighted by atomic mass is 35.5. The third-order valence-electron chi connectivity index (χ3n) is 4.79. The number of amides is 1. The zero-order chi connectivity index (χ0) is 22.3. The summed E-state index contributed by atoms with van der Waals surface area (Å²) in [5.41, 5.74) is 11.8. The van der Waals surface area contributed by atoms with Crippen molar-refractivity contribution in [2.75, 3.05) is 10.7 Å². The van der Waals surface area contributed by atoms with Gasteiger partial charge in [-0.15, -0.1) is 0 Å². The SMILES string of the molecule is NCc1noc(-c2cc3c(cc2F)S(=O)(=O)C[C@H](N)C(=O)N3Cc2ccc(Cl)cc2)n1. The van der Waals surface area contributed by atoms with E-state index in [-0.39, 0.29) is 41.0 Å². The van der Waals surface area contributed by atoms with Gasteiger partial charge in [0.1, 0.15) is 5.82 Å². The van der Waals surface area contributed by atoms with Crippen LogP contribution in [0.2, 0.25) is 5.02 Å². The Morgan fingerprint density at radius 2 is 1.97 bits per heavy atom. The van der Waals surface area contributed by atoms with Crippen molar-refractivity contribution in [3.05, 3.63) is 58.6 Å². The highest BCUT2D eigenvalue weighted by Crippen LogP contribution is 2.36. The maximum atomic E-state index is 14.9. The standard InChI is InChI=1S/C19H17ClFN5O4S/c20-11-3-1-10(2-4-11)8-26-15-5-12(18-24-17(7-22)25-30-18)13(21)6-16(15)31(28,29)9-14(23)19(26)27/h1-6,14H,7-9,22-23H2/t14-/m0/s1. The minimum Gasteiger partial charge on any atom is -0.334 e. The maximum absolute atomic E-state index is 14.9. The lowest BCUT2D eigenvalue weighted by Gasteiger charge is -2.24. The van der Waals surface area contributed by atoms with Crippen molar-refractivity contribution in [3.8, 4) is 11.5 Å². The molecule has 1 aromatic heterocycles. The van der Waals surface area contributed by atoms with Crippen molar-refractivity contribution in [1.82, 2.24) is 10.1 Å². The average Bonchev–Trinajstić information content (AvgIpc) is 3.19. The Hall–Kier alpha value is -2.86. The zero-order valence-electron chi connectivity index (χ0n) is 16.0. The molecule has 1 atom stereocenters. The molecule has 4 N–H and O–H groups in total. The third-order valence-corrected chi connectivity index (χ3v) is 6.84. The number of fused-ring (bicyclic) bond motifs is 1. The number of benzene rings is 2. The van der Waals surface area contributed by atoms with Crippen LogP contribution in [0, 0.1) is 5.82 Å². The van der Waals surface area contributed by atoms with Gasteiger partial charge in [-0.05, 0) is 29.8 Å². The van der Waals surface area contributed by atoms with Gasteiger partial charge in [-0.25, -0.2) is 12.8 Å². The Labute approximate surface area is 181 Å². The molecule has 31 heavy (non-hydrogen) atoms. The van der Waals surface area contributed by atoms with Crippen LogP contribution in [0.1, 0.15) is 11.4 Å². The number of sulfone groups is 1. The molecular weight excluding hydrogens is 449 g/mol. The summed E-state index contributed by atoms with van der Waals surface area (Å²) in [7, 11) is -4.05. The lowest BCUT2D eigenvalue weighted by molar-refractivity contribution is -0.119. The molecule has 1 amide bonds. The minimum atomic E-state index is -4.05. The van der Waals surface area contributed by atoms with E-state index in [0.29, 0.717) is 10.6 Å². The van der Waals surface area contributed by atoms with Crippen LogP contribution in [-0.2, 0) is 27.7 Å². The van der Waals surface area contributed by atoms with Gasteiger partial charge in [-0.1, -0.05) is 28.9 Å². The number of aromatic nitrogens is 2. The number of halogens is 2. The summed E-state index contributed by atoms with van der Waals surface area (Å²) in [5, 5.41) is 4.13. The van der Waals surface area contributed by atoms with E-state index in [2.05, 4.69) is 10.1 Å². The molecule has 9 nitrogen and oxygen atoms in total. The Morgan fingerprint density at radius 3 is 2.61 bits per heavy atom. The molecule has 162 valence electrons. The number of nitrogens with zero attached hydrogens (tertiary/aromatic N) is 3. The Balaban J connectivity index is 1.90. The van der Waals surface area contributed by atoms with E-state index < -0.39 is 33.4 Å². The van der Waals surface area contributed by atoms with Gasteiger partial charge in [0.2, 0.25) is 5.91 Å². The van der Waals surface area contributed by atoms with Crippen LogP contribution in [0.3, 0.4) is 0 Å². The molecule has 2 heterocycles. The van der Waals surface area contributed by atoms with Crippen LogP contribution < -0.4 is 16.4 Å². The topological polar surface area (TPSA) is 145 Å². The number of rotatable bonds is 4.